The van der Waals surface area contributed by atoms with Crippen molar-refractivity contribution in [2.24, 2.45) is 0 Å². The van der Waals surface area contributed by atoms with E-state index >= 15 is 0 Å². The van der Waals surface area contributed by atoms with Gasteiger partial charge >= 0.3 is 0 Å². The molecule has 1 aromatic heterocycles. The van der Waals surface area contributed by atoms with E-state index in [1.165, 1.54) is 0 Å². The Balaban J connectivity index is 1.36. The Morgan fingerprint density at radius 2 is 1.66 bits per heavy atom. The average molecular weight is 460 g/mol. The normalized spacial score (nSPS) is 19.7. The Morgan fingerprint density at radius 3 is 2.34 bits per heavy atom. The van der Waals surface area contributed by atoms with E-state index in [9.17, 15) is 8.42 Å². The molecule has 32 heavy (non-hydrogen) atoms. The van der Waals surface area contributed by atoms with Gasteiger partial charge in [0.15, 0.2) is 0 Å². The molecule has 0 bridgehead atoms. The van der Waals surface area contributed by atoms with Crippen molar-refractivity contribution in [3.8, 4) is 5.75 Å². The first-order chi connectivity index (χ1) is 15.4. The van der Waals surface area contributed by atoms with E-state index in [1.54, 1.807) is 35.7 Å². The first kappa shape index (κ1) is 22.9. The molecule has 0 amide bonds. The summed E-state index contributed by atoms with van der Waals surface area (Å²) in [6, 6.07) is 9.20. The van der Waals surface area contributed by atoms with Gasteiger partial charge in [0.2, 0.25) is 16.0 Å². The number of benzene rings is 1. The minimum atomic E-state index is -3.52. The molecule has 2 aliphatic rings. The lowest BCUT2D eigenvalue weighted by atomic mass is 10.0. The standard InChI is InChI=1S/C23H33N5O3S/c1-18-16-19(2)25-23(24-18)27-12-8-20(9-13-27)26-10-5-11-28(15-14-26)32(29,30)22-7-4-6-21(17-22)31-3/h4,6-7,16-17,20H,5,8-15H2,1-3H3. The zero-order valence-corrected chi connectivity index (χ0v) is 20.0. The fourth-order valence-corrected chi connectivity index (χ4v) is 6.21. The van der Waals surface area contributed by atoms with E-state index < -0.39 is 10.0 Å². The highest BCUT2D eigenvalue weighted by atomic mass is 32.2. The molecular formula is C23H33N5O3S. The predicted octanol–water partition coefficient (Wildman–Crippen LogP) is 2.47. The molecule has 0 spiro atoms. The number of anilines is 1. The van der Waals surface area contributed by atoms with Gasteiger partial charge < -0.3 is 9.64 Å². The molecular weight excluding hydrogens is 426 g/mol. The molecule has 1 aromatic carbocycles. The van der Waals surface area contributed by atoms with Gasteiger partial charge in [0.05, 0.1) is 12.0 Å². The van der Waals surface area contributed by atoms with E-state index in [0.29, 0.717) is 29.8 Å². The fourth-order valence-electron chi connectivity index (χ4n) is 4.71. The summed E-state index contributed by atoms with van der Waals surface area (Å²) < 4.78 is 33.2. The minimum Gasteiger partial charge on any atom is -0.497 e. The first-order valence-electron chi connectivity index (χ1n) is 11.3. The van der Waals surface area contributed by atoms with E-state index in [1.807, 2.05) is 19.9 Å². The van der Waals surface area contributed by atoms with Crippen molar-refractivity contribution in [1.82, 2.24) is 19.2 Å². The number of ether oxygens (including phenoxy) is 1. The SMILES string of the molecule is COc1cccc(S(=O)(=O)N2CCCN(C3CCN(c4nc(C)cc(C)n4)CC3)CC2)c1. The second kappa shape index (κ2) is 9.72. The first-order valence-corrected chi connectivity index (χ1v) is 12.8. The fraction of sp³-hybridized carbons (Fsp3) is 0.565. The summed E-state index contributed by atoms with van der Waals surface area (Å²) in [6.45, 7) is 8.61. The molecule has 0 saturated carbocycles. The minimum absolute atomic E-state index is 0.298. The Morgan fingerprint density at radius 1 is 0.938 bits per heavy atom. The lowest BCUT2D eigenvalue weighted by Crippen LogP contribution is -2.46. The highest BCUT2D eigenvalue weighted by molar-refractivity contribution is 7.89. The summed E-state index contributed by atoms with van der Waals surface area (Å²) >= 11 is 0. The van der Waals surface area contributed by atoms with Crippen LogP contribution in [0.1, 0.15) is 30.7 Å². The summed E-state index contributed by atoms with van der Waals surface area (Å²) in [5.74, 6) is 1.38. The Bertz CT molecular complexity index is 1020. The summed E-state index contributed by atoms with van der Waals surface area (Å²) in [7, 11) is -1.97. The van der Waals surface area contributed by atoms with Crippen LogP contribution in [-0.4, -0.2) is 80.0 Å². The molecule has 3 heterocycles. The summed E-state index contributed by atoms with van der Waals surface area (Å²) in [5.41, 5.74) is 2.00. The monoisotopic (exact) mass is 459 g/mol. The number of rotatable bonds is 5. The van der Waals surface area contributed by atoms with Gasteiger partial charge in [-0.15, -0.1) is 0 Å². The summed E-state index contributed by atoms with van der Waals surface area (Å²) in [5, 5.41) is 0. The highest BCUT2D eigenvalue weighted by Gasteiger charge is 2.31. The van der Waals surface area contributed by atoms with Crippen LogP contribution < -0.4 is 9.64 Å². The third kappa shape index (κ3) is 5.05. The molecule has 2 fully saturated rings. The molecule has 0 atom stereocenters. The van der Waals surface area contributed by atoms with Crippen LogP contribution in [0.25, 0.3) is 0 Å². The van der Waals surface area contributed by atoms with Crippen LogP contribution in [0.2, 0.25) is 0 Å². The number of hydrogen-bond donors (Lipinski definition) is 0. The van der Waals surface area contributed by atoms with Gasteiger partial charge in [0, 0.05) is 56.2 Å². The van der Waals surface area contributed by atoms with Crippen molar-refractivity contribution in [1.29, 1.82) is 0 Å². The van der Waals surface area contributed by atoms with Gasteiger partial charge in [0.1, 0.15) is 5.75 Å². The lowest BCUT2D eigenvalue weighted by molar-refractivity contribution is 0.177. The average Bonchev–Trinajstić information content (AvgIpc) is 3.05. The van der Waals surface area contributed by atoms with Crippen LogP contribution in [0.3, 0.4) is 0 Å². The van der Waals surface area contributed by atoms with E-state index in [0.717, 1.165) is 62.8 Å². The molecule has 4 rings (SSSR count). The third-order valence-electron chi connectivity index (χ3n) is 6.40. The van der Waals surface area contributed by atoms with Gasteiger partial charge in [0.25, 0.3) is 0 Å². The van der Waals surface area contributed by atoms with Gasteiger partial charge in [-0.1, -0.05) is 6.07 Å². The number of piperidine rings is 1. The van der Waals surface area contributed by atoms with Crippen LogP contribution in [0.4, 0.5) is 5.95 Å². The molecule has 2 saturated heterocycles. The van der Waals surface area contributed by atoms with Crippen LogP contribution in [0, 0.1) is 13.8 Å². The number of hydrogen-bond acceptors (Lipinski definition) is 7. The summed E-state index contributed by atoms with van der Waals surface area (Å²) in [4.78, 5) is 14.3. The zero-order valence-electron chi connectivity index (χ0n) is 19.2. The van der Waals surface area contributed by atoms with Crippen molar-refractivity contribution in [3.05, 3.63) is 41.7 Å². The molecule has 0 radical (unpaired) electrons. The van der Waals surface area contributed by atoms with Gasteiger partial charge in [-0.25, -0.2) is 18.4 Å². The predicted molar refractivity (Wildman–Crippen MR) is 125 cm³/mol. The lowest BCUT2D eigenvalue weighted by Gasteiger charge is -2.38. The van der Waals surface area contributed by atoms with Gasteiger partial charge in [-0.3, -0.25) is 4.90 Å². The number of aryl methyl sites for hydroxylation is 2. The van der Waals surface area contributed by atoms with Crippen LogP contribution in [-0.2, 0) is 10.0 Å². The van der Waals surface area contributed by atoms with Crippen LogP contribution in [0.5, 0.6) is 5.75 Å². The number of nitrogens with zero attached hydrogens (tertiary/aromatic N) is 5. The zero-order chi connectivity index (χ0) is 22.7. The Hall–Kier alpha value is -2.23. The van der Waals surface area contributed by atoms with Crippen LogP contribution >= 0.6 is 0 Å². The number of methoxy groups -OCH3 is 1. The topological polar surface area (TPSA) is 78.9 Å². The quantitative estimate of drug-likeness (QED) is 0.680. The maximum absolute atomic E-state index is 13.2. The van der Waals surface area contributed by atoms with Gasteiger partial charge in [-0.2, -0.15) is 4.31 Å². The summed E-state index contributed by atoms with van der Waals surface area (Å²) in [6.07, 6.45) is 2.92. The Labute approximate surface area is 191 Å². The van der Waals surface area contributed by atoms with Crippen molar-refractivity contribution >= 4 is 16.0 Å². The Kier molecular flexibility index (Phi) is 6.97. The maximum atomic E-state index is 13.2. The van der Waals surface area contributed by atoms with Gasteiger partial charge in [-0.05, 0) is 57.9 Å². The number of aromatic nitrogens is 2. The smallest absolute Gasteiger partial charge is 0.243 e. The van der Waals surface area contributed by atoms with Crippen molar-refractivity contribution < 1.29 is 13.2 Å². The van der Waals surface area contributed by atoms with Crippen molar-refractivity contribution in [3.63, 3.8) is 0 Å². The molecule has 8 nitrogen and oxygen atoms in total. The molecule has 0 N–H and O–H groups in total. The molecule has 9 heteroatoms. The third-order valence-corrected chi connectivity index (χ3v) is 8.30. The molecule has 0 unspecified atom stereocenters. The van der Waals surface area contributed by atoms with E-state index in [4.69, 9.17) is 4.74 Å². The largest absolute Gasteiger partial charge is 0.497 e. The van der Waals surface area contributed by atoms with Crippen molar-refractivity contribution in [2.45, 2.75) is 44.0 Å². The van der Waals surface area contributed by atoms with E-state index in [2.05, 4.69) is 19.8 Å². The second-order valence-electron chi connectivity index (χ2n) is 8.64. The highest BCUT2D eigenvalue weighted by Crippen LogP contribution is 2.25. The molecule has 2 aromatic rings. The maximum Gasteiger partial charge on any atom is 0.243 e. The molecule has 174 valence electrons. The second-order valence-corrected chi connectivity index (χ2v) is 10.6. The molecule has 0 aliphatic carbocycles. The van der Waals surface area contributed by atoms with E-state index in [-0.39, 0.29) is 0 Å². The number of sulfonamides is 1. The molecule has 2 aliphatic heterocycles. The van der Waals surface area contributed by atoms with Crippen molar-refractivity contribution in [2.75, 3.05) is 51.3 Å². The van der Waals surface area contributed by atoms with Crippen LogP contribution in [0.15, 0.2) is 35.2 Å².